The summed E-state index contributed by atoms with van der Waals surface area (Å²) in [7, 11) is 0. The van der Waals surface area contributed by atoms with E-state index in [1.54, 1.807) is 0 Å². The highest BCUT2D eigenvalue weighted by atomic mass is 79.9. The molecule has 5 heterocycles. The summed E-state index contributed by atoms with van der Waals surface area (Å²) in [6, 6.07) is 6.21. The van der Waals surface area contributed by atoms with Gasteiger partial charge in [-0.05, 0) is 17.7 Å². The molecular formula is C20H18BrN7. The number of nitrogens with zero attached hydrogens (tertiary/aromatic N) is 7. The van der Waals surface area contributed by atoms with Crippen molar-refractivity contribution in [3.63, 3.8) is 0 Å². The largest absolute Gasteiger partial charge is 0.363 e. The number of hydrogen-bond donors (Lipinski definition) is 0. The number of pyridine rings is 2. The zero-order chi connectivity index (χ0) is 18.9. The molecule has 0 spiro atoms. The molecule has 0 unspecified atom stereocenters. The average molecular weight is 436 g/mol. The SMILES string of the molecule is BrCc1ccc2nc(Cn3cc(-c4cncc(N5CC=CC5)c4)nn3)cn2c1. The predicted octanol–water partition coefficient (Wildman–Crippen LogP) is 3.31. The first-order chi connectivity index (χ1) is 13.8. The number of alkyl halides is 1. The van der Waals surface area contributed by atoms with Gasteiger partial charge >= 0.3 is 0 Å². The van der Waals surface area contributed by atoms with Crippen LogP contribution in [0.3, 0.4) is 0 Å². The van der Waals surface area contributed by atoms with Crippen LogP contribution in [-0.2, 0) is 11.9 Å². The Kier molecular flexibility index (Phi) is 4.40. The van der Waals surface area contributed by atoms with Crippen LogP contribution in [0.25, 0.3) is 16.9 Å². The van der Waals surface area contributed by atoms with Crippen molar-refractivity contribution in [3.8, 4) is 11.3 Å². The molecule has 0 N–H and O–H groups in total. The van der Waals surface area contributed by atoms with Crippen LogP contribution in [0, 0.1) is 0 Å². The Bertz CT molecular complexity index is 1150. The standard InChI is InChI=1S/C20H18BrN7/c21-8-15-3-4-20-23-17(12-27(20)11-15)13-28-14-19(24-25-28)16-7-18(10-22-9-16)26-5-1-2-6-26/h1-4,7,9-12,14H,5-6,8,13H2. The first-order valence-electron chi connectivity index (χ1n) is 9.06. The van der Waals surface area contributed by atoms with Crippen molar-refractivity contribution in [1.82, 2.24) is 29.4 Å². The van der Waals surface area contributed by atoms with Crippen LogP contribution in [0.5, 0.6) is 0 Å². The minimum absolute atomic E-state index is 0.571. The molecule has 0 saturated carbocycles. The van der Waals surface area contributed by atoms with E-state index in [1.165, 1.54) is 5.56 Å². The van der Waals surface area contributed by atoms with Crippen LogP contribution < -0.4 is 4.90 Å². The van der Waals surface area contributed by atoms with E-state index in [1.807, 2.05) is 39.9 Å². The molecule has 0 atom stereocenters. The molecule has 0 amide bonds. The van der Waals surface area contributed by atoms with E-state index in [9.17, 15) is 0 Å². The average Bonchev–Trinajstić information content (AvgIpc) is 3.48. The number of hydrogen-bond acceptors (Lipinski definition) is 5. The summed E-state index contributed by atoms with van der Waals surface area (Å²) in [5.74, 6) is 0. The van der Waals surface area contributed by atoms with Crippen molar-refractivity contribution in [2.75, 3.05) is 18.0 Å². The second kappa shape index (κ2) is 7.20. The fourth-order valence-electron chi connectivity index (χ4n) is 3.35. The highest BCUT2D eigenvalue weighted by Gasteiger charge is 2.12. The summed E-state index contributed by atoms with van der Waals surface area (Å²) in [6.45, 7) is 2.41. The van der Waals surface area contributed by atoms with Crippen LogP contribution in [0.1, 0.15) is 11.3 Å². The summed E-state index contributed by atoms with van der Waals surface area (Å²) in [5, 5.41) is 9.43. The lowest BCUT2D eigenvalue weighted by Gasteiger charge is -2.17. The van der Waals surface area contributed by atoms with Crippen LogP contribution in [0.4, 0.5) is 5.69 Å². The molecule has 1 aliphatic heterocycles. The van der Waals surface area contributed by atoms with Gasteiger partial charge in [0, 0.05) is 42.6 Å². The predicted molar refractivity (Wildman–Crippen MR) is 112 cm³/mol. The van der Waals surface area contributed by atoms with Crippen molar-refractivity contribution in [2.24, 2.45) is 0 Å². The van der Waals surface area contributed by atoms with Gasteiger partial charge in [0.15, 0.2) is 0 Å². The van der Waals surface area contributed by atoms with Crippen molar-refractivity contribution < 1.29 is 0 Å². The summed E-state index contributed by atoms with van der Waals surface area (Å²) < 4.78 is 3.85. The fraction of sp³-hybridized carbons (Fsp3) is 0.200. The van der Waals surface area contributed by atoms with Crippen LogP contribution in [-0.4, -0.2) is 42.5 Å². The molecule has 7 nitrogen and oxygen atoms in total. The molecule has 28 heavy (non-hydrogen) atoms. The van der Waals surface area contributed by atoms with Gasteiger partial charge in [-0.1, -0.05) is 39.4 Å². The zero-order valence-corrected chi connectivity index (χ0v) is 16.7. The lowest BCUT2D eigenvalue weighted by atomic mass is 10.2. The van der Waals surface area contributed by atoms with Crippen LogP contribution in [0.15, 0.2) is 61.3 Å². The van der Waals surface area contributed by atoms with Crippen LogP contribution in [0.2, 0.25) is 0 Å². The third-order valence-corrected chi connectivity index (χ3v) is 5.43. The molecular weight excluding hydrogens is 418 g/mol. The Balaban J connectivity index is 1.37. The van der Waals surface area contributed by atoms with Gasteiger partial charge in [-0.3, -0.25) is 4.98 Å². The van der Waals surface area contributed by atoms with E-state index in [0.717, 1.165) is 46.7 Å². The minimum atomic E-state index is 0.571. The smallest absolute Gasteiger partial charge is 0.137 e. The lowest BCUT2D eigenvalue weighted by Crippen LogP contribution is -2.18. The molecule has 0 bridgehead atoms. The number of anilines is 1. The third kappa shape index (κ3) is 3.31. The Morgan fingerprint density at radius 3 is 2.79 bits per heavy atom. The van der Waals surface area contributed by atoms with Gasteiger partial charge in [0.1, 0.15) is 11.3 Å². The summed E-state index contributed by atoms with van der Waals surface area (Å²) in [5.41, 5.74) is 5.95. The Morgan fingerprint density at radius 2 is 1.93 bits per heavy atom. The normalized spacial score (nSPS) is 13.7. The molecule has 0 fully saturated rings. The summed E-state index contributed by atoms with van der Waals surface area (Å²) >= 11 is 3.49. The molecule has 5 rings (SSSR count). The zero-order valence-electron chi connectivity index (χ0n) is 15.1. The number of halogens is 1. The number of fused-ring (bicyclic) bond motifs is 1. The second-order valence-corrected chi connectivity index (χ2v) is 7.34. The van der Waals surface area contributed by atoms with Gasteiger partial charge in [0.05, 0.1) is 30.3 Å². The highest BCUT2D eigenvalue weighted by Crippen LogP contribution is 2.23. The van der Waals surface area contributed by atoms with Gasteiger partial charge < -0.3 is 9.30 Å². The van der Waals surface area contributed by atoms with Crippen molar-refractivity contribution in [1.29, 1.82) is 0 Å². The Labute approximate surface area is 170 Å². The van der Waals surface area contributed by atoms with Crippen molar-refractivity contribution in [2.45, 2.75) is 11.9 Å². The maximum absolute atomic E-state index is 4.66. The fourth-order valence-corrected chi connectivity index (χ4v) is 3.68. The van der Waals surface area contributed by atoms with Crippen molar-refractivity contribution in [3.05, 3.63) is 72.6 Å². The quantitative estimate of drug-likeness (QED) is 0.355. The Morgan fingerprint density at radius 1 is 1.04 bits per heavy atom. The van der Waals surface area contributed by atoms with Gasteiger partial charge in [0.2, 0.25) is 0 Å². The molecule has 8 heteroatoms. The second-order valence-electron chi connectivity index (χ2n) is 6.78. The first-order valence-corrected chi connectivity index (χ1v) is 10.2. The molecule has 140 valence electrons. The van der Waals surface area contributed by atoms with Crippen LogP contribution >= 0.6 is 15.9 Å². The van der Waals surface area contributed by atoms with E-state index < -0.39 is 0 Å². The topological polar surface area (TPSA) is 64.1 Å². The van der Waals surface area contributed by atoms with E-state index in [4.69, 9.17) is 0 Å². The van der Waals surface area contributed by atoms with E-state index in [2.05, 4.69) is 71.6 Å². The van der Waals surface area contributed by atoms with Gasteiger partial charge in [-0.2, -0.15) is 0 Å². The van der Waals surface area contributed by atoms with E-state index >= 15 is 0 Å². The Hall–Kier alpha value is -3.00. The summed E-state index contributed by atoms with van der Waals surface area (Å²) in [4.78, 5) is 11.3. The van der Waals surface area contributed by atoms with Gasteiger partial charge in [-0.25, -0.2) is 9.67 Å². The van der Waals surface area contributed by atoms with E-state index in [0.29, 0.717) is 6.54 Å². The molecule has 4 aromatic rings. The maximum Gasteiger partial charge on any atom is 0.137 e. The first kappa shape index (κ1) is 17.1. The maximum atomic E-state index is 4.66. The van der Waals surface area contributed by atoms with Crippen molar-refractivity contribution >= 4 is 27.3 Å². The molecule has 4 aromatic heterocycles. The van der Waals surface area contributed by atoms with E-state index in [-0.39, 0.29) is 0 Å². The number of aromatic nitrogens is 6. The minimum Gasteiger partial charge on any atom is -0.363 e. The van der Waals surface area contributed by atoms with Gasteiger partial charge in [0.25, 0.3) is 0 Å². The molecule has 0 aliphatic carbocycles. The lowest BCUT2D eigenvalue weighted by molar-refractivity contribution is 0.641. The third-order valence-electron chi connectivity index (χ3n) is 4.78. The monoisotopic (exact) mass is 435 g/mol. The molecule has 1 aliphatic rings. The molecule has 0 aromatic carbocycles. The van der Waals surface area contributed by atoms with Gasteiger partial charge in [-0.15, -0.1) is 5.10 Å². The highest BCUT2D eigenvalue weighted by molar-refractivity contribution is 9.08. The summed E-state index contributed by atoms with van der Waals surface area (Å²) in [6.07, 6.45) is 14.1. The molecule has 0 saturated heterocycles. The number of rotatable bonds is 5. The number of imidazole rings is 1. The molecule has 0 radical (unpaired) electrons.